The van der Waals surface area contributed by atoms with Crippen LogP contribution in [0, 0.1) is 5.82 Å². The maximum absolute atomic E-state index is 13.3. The molecule has 0 bridgehead atoms. The van der Waals surface area contributed by atoms with E-state index in [4.69, 9.17) is 0 Å². The van der Waals surface area contributed by atoms with Gasteiger partial charge in [-0.3, -0.25) is 14.6 Å². The Balaban J connectivity index is 1.54. The molecule has 1 aromatic heterocycles. The summed E-state index contributed by atoms with van der Waals surface area (Å²) in [4.78, 5) is 31.8. The highest BCUT2D eigenvalue weighted by Crippen LogP contribution is 2.35. The molecule has 0 unspecified atom stereocenters. The molecule has 2 aromatic carbocycles. The van der Waals surface area contributed by atoms with Gasteiger partial charge in [0.15, 0.2) is 0 Å². The van der Waals surface area contributed by atoms with E-state index in [0.717, 1.165) is 11.1 Å². The number of amides is 2. The lowest BCUT2D eigenvalue weighted by atomic mass is 10.1. The minimum absolute atomic E-state index is 0.105. The first kappa shape index (κ1) is 19.8. The van der Waals surface area contributed by atoms with E-state index in [-0.39, 0.29) is 36.6 Å². The summed E-state index contributed by atoms with van der Waals surface area (Å²) in [6.07, 6.45) is 1.74. The number of nitrogens with zero attached hydrogens (tertiary/aromatic N) is 2. The van der Waals surface area contributed by atoms with Crippen LogP contribution < -0.4 is 5.32 Å². The summed E-state index contributed by atoms with van der Waals surface area (Å²) in [5, 5.41) is 3.01. The number of carbonyl (C=O) groups excluding carboxylic acids is 2. The molecule has 0 saturated carbocycles. The number of nitrogens with one attached hydrogen (secondary N) is 1. The van der Waals surface area contributed by atoms with Crippen LogP contribution >= 0.6 is 0 Å². The van der Waals surface area contributed by atoms with Crippen LogP contribution in [0.15, 0.2) is 72.9 Å². The zero-order valence-electron chi connectivity index (χ0n) is 16.6. The van der Waals surface area contributed by atoms with Gasteiger partial charge >= 0.3 is 0 Å². The number of hydrogen-bond donors (Lipinski definition) is 1. The molecule has 2 amide bonds. The van der Waals surface area contributed by atoms with Crippen molar-refractivity contribution in [2.45, 2.75) is 32.0 Å². The predicted octanol–water partition coefficient (Wildman–Crippen LogP) is 4.19. The number of carbonyl (C=O) groups is 2. The maximum Gasteiger partial charge on any atom is 0.256 e. The number of fused-ring (bicyclic) bond motifs is 1. The van der Waals surface area contributed by atoms with E-state index in [0.29, 0.717) is 11.3 Å². The van der Waals surface area contributed by atoms with Gasteiger partial charge in [0.1, 0.15) is 5.82 Å². The lowest BCUT2D eigenvalue weighted by Gasteiger charge is -2.25. The minimum Gasteiger partial charge on any atom is -0.350 e. The van der Waals surface area contributed by atoms with Crippen molar-refractivity contribution in [3.05, 3.63) is 101 Å². The van der Waals surface area contributed by atoms with Gasteiger partial charge in [-0.25, -0.2) is 4.39 Å². The van der Waals surface area contributed by atoms with E-state index < -0.39 is 6.04 Å². The fourth-order valence-corrected chi connectivity index (χ4v) is 3.78. The third kappa shape index (κ3) is 4.08. The quantitative estimate of drug-likeness (QED) is 0.671. The summed E-state index contributed by atoms with van der Waals surface area (Å²) in [6.45, 7) is 2.21. The van der Waals surface area contributed by atoms with Crippen LogP contribution in [-0.4, -0.2) is 21.7 Å². The van der Waals surface area contributed by atoms with Crippen molar-refractivity contribution in [1.29, 1.82) is 0 Å². The van der Waals surface area contributed by atoms with Gasteiger partial charge in [-0.2, -0.15) is 0 Å². The molecule has 4 rings (SSSR count). The van der Waals surface area contributed by atoms with Crippen LogP contribution in [0.1, 0.15) is 52.6 Å². The van der Waals surface area contributed by atoms with Crippen molar-refractivity contribution in [3.8, 4) is 0 Å². The van der Waals surface area contributed by atoms with E-state index in [1.807, 2.05) is 37.3 Å². The van der Waals surface area contributed by atoms with Crippen LogP contribution in [0.4, 0.5) is 4.39 Å². The fourth-order valence-electron chi connectivity index (χ4n) is 3.78. The molecule has 0 radical (unpaired) electrons. The third-order valence-electron chi connectivity index (χ3n) is 5.34. The molecule has 3 aromatic rings. The molecule has 6 heteroatoms. The van der Waals surface area contributed by atoms with Crippen molar-refractivity contribution in [3.63, 3.8) is 0 Å². The van der Waals surface area contributed by atoms with Gasteiger partial charge in [0.25, 0.3) is 5.91 Å². The average Bonchev–Trinajstić information content (AvgIpc) is 3.02. The lowest BCUT2D eigenvalue weighted by molar-refractivity contribution is -0.122. The molecule has 0 spiro atoms. The van der Waals surface area contributed by atoms with Gasteiger partial charge < -0.3 is 10.2 Å². The van der Waals surface area contributed by atoms with E-state index >= 15 is 0 Å². The molecule has 0 aliphatic carbocycles. The molecule has 2 atom stereocenters. The Morgan fingerprint density at radius 3 is 2.57 bits per heavy atom. The van der Waals surface area contributed by atoms with E-state index in [9.17, 15) is 14.0 Å². The SMILES string of the molecule is C[C@H](NC(=O)C[C@@H]1c2ncccc2C(=O)N1Cc1ccc(F)cc1)c1ccccc1. The van der Waals surface area contributed by atoms with Crippen molar-refractivity contribution < 1.29 is 14.0 Å². The first-order chi connectivity index (χ1) is 14.5. The summed E-state index contributed by atoms with van der Waals surface area (Å²) < 4.78 is 13.3. The minimum atomic E-state index is -0.471. The molecule has 2 heterocycles. The fraction of sp³-hybridized carbons (Fsp3) is 0.208. The number of hydrogen-bond acceptors (Lipinski definition) is 3. The summed E-state index contributed by atoms with van der Waals surface area (Å²) in [6, 6.07) is 18.6. The largest absolute Gasteiger partial charge is 0.350 e. The lowest BCUT2D eigenvalue weighted by Crippen LogP contribution is -2.33. The Labute approximate surface area is 174 Å². The Hall–Kier alpha value is -3.54. The second kappa shape index (κ2) is 8.45. The molecule has 5 nitrogen and oxygen atoms in total. The monoisotopic (exact) mass is 403 g/mol. The highest BCUT2D eigenvalue weighted by Gasteiger charge is 2.39. The van der Waals surface area contributed by atoms with Gasteiger partial charge in [0.05, 0.1) is 29.8 Å². The average molecular weight is 403 g/mol. The van der Waals surface area contributed by atoms with Gasteiger partial charge in [-0.15, -0.1) is 0 Å². The van der Waals surface area contributed by atoms with Gasteiger partial charge in [-0.05, 0) is 42.3 Å². The highest BCUT2D eigenvalue weighted by molar-refractivity contribution is 5.99. The van der Waals surface area contributed by atoms with Crippen molar-refractivity contribution >= 4 is 11.8 Å². The molecule has 1 aliphatic rings. The number of rotatable bonds is 6. The molecular weight excluding hydrogens is 381 g/mol. The Morgan fingerprint density at radius 1 is 1.10 bits per heavy atom. The van der Waals surface area contributed by atoms with Gasteiger partial charge in [0.2, 0.25) is 5.91 Å². The molecule has 152 valence electrons. The Morgan fingerprint density at radius 2 is 1.83 bits per heavy atom. The number of pyridine rings is 1. The summed E-state index contributed by atoms with van der Waals surface area (Å²) in [5.74, 6) is -0.662. The van der Waals surface area contributed by atoms with Crippen LogP contribution in [-0.2, 0) is 11.3 Å². The number of halogens is 1. The second-order valence-electron chi connectivity index (χ2n) is 7.42. The zero-order chi connectivity index (χ0) is 21.1. The van der Waals surface area contributed by atoms with Crippen LogP contribution in [0.2, 0.25) is 0 Å². The summed E-state index contributed by atoms with van der Waals surface area (Å²) in [5.41, 5.74) is 2.91. The Bertz CT molecular complexity index is 1050. The molecule has 0 fully saturated rings. The first-order valence-electron chi connectivity index (χ1n) is 9.87. The predicted molar refractivity (Wildman–Crippen MR) is 111 cm³/mol. The van der Waals surface area contributed by atoms with Crippen molar-refractivity contribution in [2.24, 2.45) is 0 Å². The molecule has 30 heavy (non-hydrogen) atoms. The standard InChI is InChI=1S/C24H22FN3O2/c1-16(18-6-3-2-4-7-18)27-22(29)14-21-23-20(8-5-13-26-23)24(30)28(21)15-17-9-11-19(25)12-10-17/h2-13,16,21H,14-15H2,1H3,(H,27,29)/t16-,21+/m0/s1. The first-order valence-corrected chi connectivity index (χ1v) is 9.87. The van der Waals surface area contributed by atoms with Crippen LogP contribution in [0.3, 0.4) is 0 Å². The van der Waals surface area contributed by atoms with Crippen LogP contribution in [0.5, 0.6) is 0 Å². The number of aromatic nitrogens is 1. The second-order valence-corrected chi connectivity index (χ2v) is 7.42. The highest BCUT2D eigenvalue weighted by atomic mass is 19.1. The molecule has 0 saturated heterocycles. The molecule has 1 aliphatic heterocycles. The zero-order valence-corrected chi connectivity index (χ0v) is 16.6. The topological polar surface area (TPSA) is 62.3 Å². The summed E-state index contributed by atoms with van der Waals surface area (Å²) in [7, 11) is 0. The normalized spacial score (nSPS) is 16.3. The van der Waals surface area contributed by atoms with Crippen molar-refractivity contribution in [1.82, 2.24) is 15.2 Å². The van der Waals surface area contributed by atoms with E-state index in [2.05, 4.69) is 10.3 Å². The van der Waals surface area contributed by atoms with Crippen molar-refractivity contribution in [2.75, 3.05) is 0 Å². The smallest absolute Gasteiger partial charge is 0.256 e. The Kier molecular flexibility index (Phi) is 5.57. The van der Waals surface area contributed by atoms with Gasteiger partial charge in [0, 0.05) is 12.7 Å². The van der Waals surface area contributed by atoms with E-state index in [1.165, 1.54) is 12.1 Å². The van der Waals surface area contributed by atoms with Gasteiger partial charge in [-0.1, -0.05) is 42.5 Å². The number of benzene rings is 2. The molecular formula is C24H22FN3O2. The van der Waals surface area contributed by atoms with E-state index in [1.54, 1.807) is 35.4 Å². The molecule has 1 N–H and O–H groups in total. The maximum atomic E-state index is 13.3. The van der Waals surface area contributed by atoms with Crippen LogP contribution in [0.25, 0.3) is 0 Å². The third-order valence-corrected chi connectivity index (χ3v) is 5.34. The summed E-state index contributed by atoms with van der Waals surface area (Å²) >= 11 is 0.